The summed E-state index contributed by atoms with van der Waals surface area (Å²) in [7, 11) is 0. The van der Waals surface area contributed by atoms with E-state index < -0.39 is 0 Å². The molecular formula is C56H45N. The summed E-state index contributed by atoms with van der Waals surface area (Å²) in [5.41, 5.74) is 18.5. The zero-order valence-electron chi connectivity index (χ0n) is 32.6. The van der Waals surface area contributed by atoms with Crippen LogP contribution in [-0.4, -0.2) is 0 Å². The van der Waals surface area contributed by atoms with Gasteiger partial charge in [0.05, 0.1) is 0 Å². The van der Waals surface area contributed by atoms with Gasteiger partial charge in [-0.25, -0.2) is 0 Å². The van der Waals surface area contributed by atoms with Crippen molar-refractivity contribution in [3.8, 4) is 55.6 Å². The summed E-state index contributed by atoms with van der Waals surface area (Å²) in [5.74, 6) is 0. The van der Waals surface area contributed by atoms with Gasteiger partial charge in [0.2, 0.25) is 0 Å². The summed E-state index contributed by atoms with van der Waals surface area (Å²) in [5, 5.41) is 2.52. The van der Waals surface area contributed by atoms with Gasteiger partial charge in [-0.1, -0.05) is 190 Å². The Morgan fingerprint density at radius 1 is 0.298 bits per heavy atom. The minimum atomic E-state index is 0.981. The first kappa shape index (κ1) is 35.7. The third-order valence-corrected chi connectivity index (χ3v) is 11.3. The minimum Gasteiger partial charge on any atom is -0.311 e. The number of benzene rings is 9. The zero-order chi connectivity index (χ0) is 38.6. The lowest BCUT2D eigenvalue weighted by Gasteiger charge is -2.26. The number of nitrogens with zero attached hydrogens (tertiary/aromatic N) is 1. The summed E-state index contributed by atoms with van der Waals surface area (Å²) in [6.07, 6.45) is 1.98. The van der Waals surface area contributed by atoms with Gasteiger partial charge in [-0.3, -0.25) is 0 Å². The summed E-state index contributed by atoms with van der Waals surface area (Å²) in [6.45, 7) is 4.51. The fraction of sp³-hybridized carbons (Fsp3) is 0.0714. The van der Waals surface area contributed by atoms with E-state index in [0.717, 1.165) is 29.9 Å². The van der Waals surface area contributed by atoms with Crippen molar-refractivity contribution in [2.45, 2.75) is 26.7 Å². The highest BCUT2D eigenvalue weighted by Crippen LogP contribution is 2.41. The van der Waals surface area contributed by atoms with E-state index in [1.807, 2.05) is 0 Å². The highest BCUT2D eigenvalue weighted by atomic mass is 15.1. The molecule has 9 aromatic carbocycles. The molecule has 1 nitrogen and oxygen atoms in total. The van der Waals surface area contributed by atoms with Crippen LogP contribution in [0.1, 0.15) is 25.0 Å². The standard InChI is InChI=1S/C56H45N/c1-3-40-14-8-11-21-54(40)56-41(4-2)18-12-23-55(56)48-32-38-51(39-33-48)57(50-36-30-47(31-37-50)53-22-13-19-46-17-9-10-20-52(46)53)49-34-28-45(29-35-49)44-26-24-43(25-27-44)42-15-6-5-7-16-42/h5-39H,3-4H2,1-2H3. The zero-order valence-corrected chi connectivity index (χ0v) is 32.6. The molecule has 0 aromatic heterocycles. The van der Waals surface area contributed by atoms with Gasteiger partial charge < -0.3 is 4.90 Å². The average Bonchev–Trinajstić information content (AvgIpc) is 3.29. The third-order valence-electron chi connectivity index (χ3n) is 11.3. The van der Waals surface area contributed by atoms with Gasteiger partial charge in [0.25, 0.3) is 0 Å². The van der Waals surface area contributed by atoms with Crippen LogP contribution in [0.25, 0.3) is 66.4 Å². The van der Waals surface area contributed by atoms with Crippen LogP contribution in [0.2, 0.25) is 0 Å². The molecule has 0 fully saturated rings. The monoisotopic (exact) mass is 731 g/mol. The fourth-order valence-corrected chi connectivity index (χ4v) is 8.32. The van der Waals surface area contributed by atoms with E-state index in [-0.39, 0.29) is 0 Å². The van der Waals surface area contributed by atoms with Crippen LogP contribution in [0, 0.1) is 0 Å². The van der Waals surface area contributed by atoms with Crippen LogP contribution in [0.5, 0.6) is 0 Å². The van der Waals surface area contributed by atoms with E-state index in [4.69, 9.17) is 0 Å². The third kappa shape index (κ3) is 7.17. The number of rotatable bonds is 10. The van der Waals surface area contributed by atoms with Gasteiger partial charge in [-0.05, 0) is 127 Å². The second kappa shape index (κ2) is 16.0. The molecule has 0 unspecified atom stereocenters. The van der Waals surface area contributed by atoms with E-state index in [1.54, 1.807) is 0 Å². The van der Waals surface area contributed by atoms with E-state index in [0.29, 0.717) is 0 Å². The second-order valence-electron chi connectivity index (χ2n) is 14.7. The van der Waals surface area contributed by atoms with E-state index in [2.05, 4.69) is 231 Å². The molecule has 0 spiro atoms. The fourth-order valence-electron chi connectivity index (χ4n) is 8.32. The quantitative estimate of drug-likeness (QED) is 0.135. The molecule has 9 aromatic rings. The van der Waals surface area contributed by atoms with Gasteiger partial charge in [0, 0.05) is 17.1 Å². The molecule has 0 aliphatic carbocycles. The summed E-state index contributed by atoms with van der Waals surface area (Å²) in [4.78, 5) is 2.37. The van der Waals surface area contributed by atoms with Gasteiger partial charge in [-0.15, -0.1) is 0 Å². The SMILES string of the molecule is CCc1ccccc1-c1c(CC)cccc1-c1ccc(N(c2ccc(-c3ccc(-c4ccccc4)cc3)cc2)c2ccc(-c3cccc4ccccc34)cc2)cc1. The molecule has 0 aliphatic rings. The lowest BCUT2D eigenvalue weighted by molar-refractivity contribution is 1.12. The molecule has 0 bridgehead atoms. The summed E-state index contributed by atoms with van der Waals surface area (Å²) in [6, 6.07) is 77.4. The molecule has 1 heteroatoms. The maximum absolute atomic E-state index is 2.37. The average molecular weight is 732 g/mol. The van der Waals surface area contributed by atoms with Crippen molar-refractivity contribution in [3.05, 3.63) is 223 Å². The Kier molecular flexibility index (Phi) is 10.0. The normalized spacial score (nSPS) is 11.1. The number of hydrogen-bond donors (Lipinski definition) is 0. The van der Waals surface area contributed by atoms with Crippen molar-refractivity contribution in [2.75, 3.05) is 4.90 Å². The Labute approximate surface area is 337 Å². The Hall–Kier alpha value is -6.96. The predicted molar refractivity (Wildman–Crippen MR) is 245 cm³/mol. The molecule has 0 atom stereocenters. The molecule has 0 N–H and O–H groups in total. The van der Waals surface area contributed by atoms with Crippen LogP contribution in [0.3, 0.4) is 0 Å². The number of hydrogen-bond acceptors (Lipinski definition) is 1. The van der Waals surface area contributed by atoms with Crippen molar-refractivity contribution in [2.24, 2.45) is 0 Å². The highest BCUT2D eigenvalue weighted by Gasteiger charge is 2.17. The topological polar surface area (TPSA) is 3.24 Å². The molecule has 274 valence electrons. The lowest BCUT2D eigenvalue weighted by Crippen LogP contribution is -2.09. The number of fused-ring (bicyclic) bond motifs is 1. The van der Waals surface area contributed by atoms with Gasteiger partial charge in [-0.2, -0.15) is 0 Å². The van der Waals surface area contributed by atoms with Crippen molar-refractivity contribution < 1.29 is 0 Å². The molecule has 0 radical (unpaired) electrons. The van der Waals surface area contributed by atoms with Gasteiger partial charge in [0.15, 0.2) is 0 Å². The largest absolute Gasteiger partial charge is 0.311 e. The summed E-state index contributed by atoms with van der Waals surface area (Å²) < 4.78 is 0. The van der Waals surface area contributed by atoms with E-state index >= 15 is 0 Å². The van der Waals surface area contributed by atoms with E-state index in [9.17, 15) is 0 Å². The van der Waals surface area contributed by atoms with Crippen LogP contribution in [0.15, 0.2) is 212 Å². The Balaban J connectivity index is 1.10. The van der Waals surface area contributed by atoms with Crippen molar-refractivity contribution in [3.63, 3.8) is 0 Å². The molecule has 0 saturated carbocycles. The van der Waals surface area contributed by atoms with Crippen LogP contribution >= 0.6 is 0 Å². The maximum atomic E-state index is 2.37. The Bertz CT molecular complexity index is 2760. The first-order valence-corrected chi connectivity index (χ1v) is 20.1. The summed E-state index contributed by atoms with van der Waals surface area (Å²) >= 11 is 0. The molecule has 9 rings (SSSR count). The minimum absolute atomic E-state index is 0.981. The van der Waals surface area contributed by atoms with E-state index in [1.165, 1.54) is 77.5 Å². The van der Waals surface area contributed by atoms with Gasteiger partial charge >= 0.3 is 0 Å². The smallest absolute Gasteiger partial charge is 0.0462 e. The predicted octanol–water partition coefficient (Wildman–Crippen LogP) is 15.8. The molecule has 0 amide bonds. The van der Waals surface area contributed by atoms with Crippen LogP contribution in [0.4, 0.5) is 17.1 Å². The van der Waals surface area contributed by atoms with Gasteiger partial charge in [0.1, 0.15) is 0 Å². The lowest BCUT2D eigenvalue weighted by atomic mass is 9.87. The molecule has 57 heavy (non-hydrogen) atoms. The van der Waals surface area contributed by atoms with Crippen LogP contribution in [-0.2, 0) is 12.8 Å². The maximum Gasteiger partial charge on any atom is 0.0462 e. The Morgan fingerprint density at radius 3 is 1.32 bits per heavy atom. The van der Waals surface area contributed by atoms with Crippen molar-refractivity contribution >= 4 is 27.8 Å². The molecular weight excluding hydrogens is 687 g/mol. The number of aryl methyl sites for hydroxylation is 2. The second-order valence-corrected chi connectivity index (χ2v) is 14.7. The first-order chi connectivity index (χ1) is 28.2. The van der Waals surface area contributed by atoms with Crippen molar-refractivity contribution in [1.29, 1.82) is 0 Å². The first-order valence-electron chi connectivity index (χ1n) is 20.1. The van der Waals surface area contributed by atoms with Crippen LogP contribution < -0.4 is 4.90 Å². The highest BCUT2D eigenvalue weighted by molar-refractivity contribution is 5.97. The van der Waals surface area contributed by atoms with Crippen molar-refractivity contribution in [1.82, 2.24) is 0 Å². The number of anilines is 3. The molecule has 0 heterocycles. The molecule has 0 aliphatic heterocycles. The Morgan fingerprint density at radius 2 is 0.702 bits per heavy atom. The molecule has 0 saturated heterocycles.